The molecule has 0 radical (unpaired) electrons. The highest BCUT2D eigenvalue weighted by Crippen LogP contribution is 2.28. The summed E-state index contributed by atoms with van der Waals surface area (Å²) in [6, 6.07) is 0. The van der Waals surface area contributed by atoms with Gasteiger partial charge in [0.2, 0.25) is 0 Å². The van der Waals surface area contributed by atoms with Gasteiger partial charge in [0.05, 0.1) is 24.9 Å². The van der Waals surface area contributed by atoms with Gasteiger partial charge in [-0.2, -0.15) is 0 Å². The van der Waals surface area contributed by atoms with Crippen molar-refractivity contribution in [3.8, 4) is 0 Å². The molecule has 1 saturated heterocycles. The number of ether oxygens (including phenoxy) is 2. The molecule has 1 rings (SSSR count). The lowest BCUT2D eigenvalue weighted by Crippen LogP contribution is -2.49. The van der Waals surface area contributed by atoms with Crippen molar-refractivity contribution in [2.75, 3.05) is 6.61 Å². The molecule has 1 heterocycles. The van der Waals surface area contributed by atoms with Crippen molar-refractivity contribution in [1.82, 2.24) is 0 Å². The molecule has 0 aliphatic carbocycles. The van der Waals surface area contributed by atoms with Crippen LogP contribution in [0.25, 0.3) is 0 Å². The minimum absolute atomic E-state index is 0.256. The summed E-state index contributed by atoms with van der Waals surface area (Å²) in [4.78, 5) is 0. The molecule has 0 aromatic rings. The highest BCUT2D eigenvalue weighted by atomic mass is 16.6. The molecule has 0 spiro atoms. The molecule has 1 aliphatic rings. The normalized spacial score (nSPS) is 33.0. The van der Waals surface area contributed by atoms with Crippen LogP contribution in [0.2, 0.25) is 0 Å². The van der Waals surface area contributed by atoms with Gasteiger partial charge in [-0.05, 0) is 17.8 Å². The van der Waals surface area contributed by atoms with Gasteiger partial charge in [0.1, 0.15) is 0 Å². The molecule has 2 heteroatoms. The first-order valence-corrected chi connectivity index (χ1v) is 6.20. The molecule has 3 atom stereocenters. The maximum absolute atomic E-state index is 6.16. The Morgan fingerprint density at radius 2 is 1.33 bits per heavy atom. The van der Waals surface area contributed by atoms with Gasteiger partial charge in [0.25, 0.3) is 0 Å². The average molecular weight is 214 g/mol. The van der Waals surface area contributed by atoms with Gasteiger partial charge in [-0.1, -0.05) is 41.5 Å². The summed E-state index contributed by atoms with van der Waals surface area (Å²) in [5.41, 5.74) is 0. The van der Waals surface area contributed by atoms with Crippen LogP contribution in [-0.4, -0.2) is 24.9 Å². The molecule has 0 saturated carbocycles. The lowest BCUT2D eigenvalue weighted by atomic mass is 9.91. The van der Waals surface area contributed by atoms with Gasteiger partial charge in [-0.25, -0.2) is 0 Å². The Morgan fingerprint density at radius 1 is 0.800 bits per heavy atom. The fraction of sp³-hybridized carbons (Fsp3) is 1.00. The third-order valence-corrected chi connectivity index (χ3v) is 3.17. The fourth-order valence-corrected chi connectivity index (χ4v) is 2.08. The van der Waals surface area contributed by atoms with E-state index in [-0.39, 0.29) is 18.3 Å². The van der Waals surface area contributed by atoms with E-state index in [1.54, 1.807) is 0 Å². The smallest absolute Gasteiger partial charge is 0.0867 e. The predicted molar refractivity (Wildman–Crippen MR) is 62.9 cm³/mol. The van der Waals surface area contributed by atoms with Crippen LogP contribution >= 0.6 is 0 Å². The zero-order valence-corrected chi connectivity index (χ0v) is 11.0. The third-order valence-electron chi connectivity index (χ3n) is 3.17. The van der Waals surface area contributed by atoms with Crippen LogP contribution in [0.3, 0.4) is 0 Å². The Kier molecular flexibility index (Phi) is 4.60. The number of hydrogen-bond donors (Lipinski definition) is 0. The SMILES string of the molecule is CC(C)C1COC(C(C)C)C(C(C)C)O1. The molecule has 0 aromatic carbocycles. The molecule has 15 heavy (non-hydrogen) atoms. The van der Waals surface area contributed by atoms with E-state index in [0.717, 1.165) is 6.61 Å². The zero-order chi connectivity index (χ0) is 11.6. The van der Waals surface area contributed by atoms with E-state index < -0.39 is 0 Å². The van der Waals surface area contributed by atoms with Crippen LogP contribution in [0.1, 0.15) is 41.5 Å². The van der Waals surface area contributed by atoms with Gasteiger partial charge in [-0.3, -0.25) is 0 Å². The Bertz CT molecular complexity index is 187. The molecule has 1 fully saturated rings. The van der Waals surface area contributed by atoms with Crippen molar-refractivity contribution < 1.29 is 9.47 Å². The zero-order valence-electron chi connectivity index (χ0n) is 11.0. The number of hydrogen-bond acceptors (Lipinski definition) is 2. The van der Waals surface area contributed by atoms with E-state index in [1.165, 1.54) is 0 Å². The van der Waals surface area contributed by atoms with Crippen molar-refractivity contribution in [3.63, 3.8) is 0 Å². The van der Waals surface area contributed by atoms with Crippen molar-refractivity contribution in [3.05, 3.63) is 0 Å². The van der Waals surface area contributed by atoms with Crippen LogP contribution in [0.5, 0.6) is 0 Å². The molecule has 0 amide bonds. The summed E-state index contributed by atoms with van der Waals surface area (Å²) in [6.07, 6.45) is 0.790. The average Bonchev–Trinajstić information content (AvgIpc) is 2.16. The molecule has 0 aromatic heterocycles. The van der Waals surface area contributed by atoms with Crippen molar-refractivity contribution in [2.45, 2.75) is 59.9 Å². The first-order chi connectivity index (χ1) is 6.93. The van der Waals surface area contributed by atoms with E-state index in [0.29, 0.717) is 17.8 Å². The maximum atomic E-state index is 6.16. The van der Waals surface area contributed by atoms with E-state index in [9.17, 15) is 0 Å². The number of rotatable bonds is 3. The van der Waals surface area contributed by atoms with Gasteiger partial charge >= 0.3 is 0 Å². The summed E-state index contributed by atoms with van der Waals surface area (Å²) in [7, 11) is 0. The van der Waals surface area contributed by atoms with E-state index in [4.69, 9.17) is 9.47 Å². The highest BCUT2D eigenvalue weighted by Gasteiger charge is 2.36. The van der Waals surface area contributed by atoms with Crippen molar-refractivity contribution in [1.29, 1.82) is 0 Å². The van der Waals surface area contributed by atoms with Crippen LogP contribution in [0.15, 0.2) is 0 Å². The molecule has 0 bridgehead atoms. The second kappa shape index (κ2) is 5.31. The molecule has 1 aliphatic heterocycles. The monoisotopic (exact) mass is 214 g/mol. The van der Waals surface area contributed by atoms with Gasteiger partial charge in [-0.15, -0.1) is 0 Å². The minimum atomic E-state index is 0.256. The van der Waals surface area contributed by atoms with Gasteiger partial charge in [0, 0.05) is 0 Å². The van der Waals surface area contributed by atoms with Crippen LogP contribution in [0, 0.1) is 17.8 Å². The molecular weight excluding hydrogens is 188 g/mol. The maximum Gasteiger partial charge on any atom is 0.0867 e. The quantitative estimate of drug-likeness (QED) is 0.718. The molecule has 3 unspecified atom stereocenters. The van der Waals surface area contributed by atoms with Crippen LogP contribution in [0.4, 0.5) is 0 Å². The molecule has 90 valence electrons. The summed E-state index contributed by atoms with van der Waals surface area (Å²) >= 11 is 0. The first-order valence-electron chi connectivity index (χ1n) is 6.20. The summed E-state index contributed by atoms with van der Waals surface area (Å²) in [5, 5.41) is 0. The summed E-state index contributed by atoms with van der Waals surface area (Å²) < 4.78 is 12.1. The lowest BCUT2D eigenvalue weighted by Gasteiger charge is -2.42. The van der Waals surface area contributed by atoms with Crippen LogP contribution in [-0.2, 0) is 9.47 Å². The Hall–Kier alpha value is -0.0800. The Labute approximate surface area is 94.3 Å². The standard InChI is InChI=1S/C13H26O2/c1-8(2)11-7-14-12(9(3)4)13(15-11)10(5)6/h8-13H,7H2,1-6H3. The van der Waals surface area contributed by atoms with Crippen LogP contribution < -0.4 is 0 Å². The van der Waals surface area contributed by atoms with Crippen molar-refractivity contribution in [2.24, 2.45) is 17.8 Å². The predicted octanol–water partition coefficient (Wildman–Crippen LogP) is 3.11. The topological polar surface area (TPSA) is 18.5 Å². The first kappa shape index (κ1) is 13.0. The summed E-state index contributed by atoms with van der Waals surface area (Å²) in [5.74, 6) is 1.60. The summed E-state index contributed by atoms with van der Waals surface area (Å²) in [6.45, 7) is 14.0. The molecule has 2 nitrogen and oxygen atoms in total. The second-order valence-corrected chi connectivity index (χ2v) is 5.67. The van der Waals surface area contributed by atoms with E-state index in [1.807, 2.05) is 0 Å². The Balaban J connectivity index is 2.65. The van der Waals surface area contributed by atoms with Gasteiger partial charge in [0.15, 0.2) is 0 Å². The molecular formula is C13H26O2. The highest BCUT2D eigenvalue weighted by molar-refractivity contribution is 4.83. The van der Waals surface area contributed by atoms with E-state index in [2.05, 4.69) is 41.5 Å². The second-order valence-electron chi connectivity index (χ2n) is 5.67. The van der Waals surface area contributed by atoms with Gasteiger partial charge < -0.3 is 9.47 Å². The lowest BCUT2D eigenvalue weighted by molar-refractivity contribution is -0.215. The van der Waals surface area contributed by atoms with E-state index >= 15 is 0 Å². The van der Waals surface area contributed by atoms with Crippen molar-refractivity contribution >= 4 is 0 Å². The third kappa shape index (κ3) is 3.18. The fourth-order valence-electron chi connectivity index (χ4n) is 2.08. The Morgan fingerprint density at radius 3 is 1.73 bits per heavy atom. The largest absolute Gasteiger partial charge is 0.373 e. The molecule has 0 N–H and O–H groups in total. The minimum Gasteiger partial charge on any atom is -0.373 e.